The molecule has 0 saturated carbocycles. The highest BCUT2D eigenvalue weighted by atomic mass is 32.2. The van der Waals surface area contributed by atoms with E-state index in [-0.39, 0.29) is 17.7 Å². The Morgan fingerprint density at radius 3 is 2.46 bits per heavy atom. The van der Waals surface area contributed by atoms with Crippen LogP contribution in [-0.4, -0.2) is 26.5 Å². The van der Waals surface area contributed by atoms with Gasteiger partial charge in [0.05, 0.1) is 11.8 Å². The third kappa shape index (κ3) is 4.50. The van der Waals surface area contributed by atoms with E-state index in [0.29, 0.717) is 16.9 Å². The van der Waals surface area contributed by atoms with Gasteiger partial charge in [0, 0.05) is 0 Å². The number of hydrogen-bond donors (Lipinski definition) is 2. The molecule has 1 aromatic heterocycles. The van der Waals surface area contributed by atoms with E-state index in [1.165, 1.54) is 22.0 Å². The summed E-state index contributed by atoms with van der Waals surface area (Å²) in [5.41, 5.74) is 2.42. The van der Waals surface area contributed by atoms with Gasteiger partial charge in [0.25, 0.3) is 0 Å². The Balaban J connectivity index is 1.99. The zero-order valence-electron chi connectivity index (χ0n) is 14.6. The van der Waals surface area contributed by atoms with Crippen LogP contribution in [-0.2, 0) is 11.2 Å². The number of aryl methyl sites for hydroxylation is 2. The predicted molar refractivity (Wildman–Crippen MR) is 97.2 cm³/mol. The van der Waals surface area contributed by atoms with Crippen molar-refractivity contribution in [1.29, 1.82) is 0 Å². The molecule has 0 aliphatic carbocycles. The average Bonchev–Trinajstić information content (AvgIpc) is 2.89. The molecule has 1 atom stereocenters. The molecule has 1 amide bonds. The predicted octanol–water partition coefficient (Wildman–Crippen LogP) is 2.47. The molecule has 2 rings (SSSR count). The number of hydrogen-bond acceptors (Lipinski definition) is 5. The molecule has 0 bridgehead atoms. The van der Waals surface area contributed by atoms with Crippen molar-refractivity contribution in [2.24, 2.45) is 5.92 Å². The first-order valence-electron chi connectivity index (χ1n) is 8.10. The van der Waals surface area contributed by atoms with E-state index in [1.54, 1.807) is 6.92 Å². The lowest BCUT2D eigenvalue weighted by Crippen LogP contribution is -2.33. The van der Waals surface area contributed by atoms with Gasteiger partial charge in [0.2, 0.25) is 11.1 Å². The van der Waals surface area contributed by atoms with Crippen LogP contribution in [0.1, 0.15) is 43.8 Å². The SMILES string of the molecule is CCc1ccc([C@H](NC(=O)CSc2nnc(C)n2N)C(C)C)cc1. The van der Waals surface area contributed by atoms with Gasteiger partial charge < -0.3 is 11.2 Å². The van der Waals surface area contributed by atoms with Crippen LogP contribution in [0.3, 0.4) is 0 Å². The summed E-state index contributed by atoms with van der Waals surface area (Å²) in [5, 5.41) is 11.5. The van der Waals surface area contributed by atoms with Gasteiger partial charge in [-0.2, -0.15) is 0 Å². The summed E-state index contributed by atoms with van der Waals surface area (Å²) in [7, 11) is 0. The zero-order valence-corrected chi connectivity index (χ0v) is 15.4. The number of nitrogens with two attached hydrogens (primary N) is 1. The molecule has 130 valence electrons. The van der Waals surface area contributed by atoms with Crippen molar-refractivity contribution < 1.29 is 4.79 Å². The molecule has 0 saturated heterocycles. The summed E-state index contributed by atoms with van der Waals surface area (Å²) in [6.07, 6.45) is 1.01. The fourth-order valence-corrected chi connectivity index (χ4v) is 3.10. The molecule has 7 heteroatoms. The number of rotatable bonds is 7. The van der Waals surface area contributed by atoms with Crippen LogP contribution in [0.15, 0.2) is 29.4 Å². The van der Waals surface area contributed by atoms with E-state index < -0.39 is 0 Å². The maximum absolute atomic E-state index is 12.3. The molecule has 0 spiro atoms. The number of nitrogens with one attached hydrogen (secondary N) is 1. The van der Waals surface area contributed by atoms with E-state index in [2.05, 4.69) is 60.6 Å². The van der Waals surface area contributed by atoms with Crippen molar-refractivity contribution in [2.45, 2.75) is 45.3 Å². The Morgan fingerprint density at radius 1 is 1.29 bits per heavy atom. The van der Waals surface area contributed by atoms with E-state index in [9.17, 15) is 4.79 Å². The van der Waals surface area contributed by atoms with Crippen molar-refractivity contribution in [2.75, 3.05) is 11.6 Å². The van der Waals surface area contributed by atoms with Crippen molar-refractivity contribution in [3.05, 3.63) is 41.2 Å². The summed E-state index contributed by atoms with van der Waals surface area (Å²) in [6, 6.07) is 8.41. The van der Waals surface area contributed by atoms with Crippen LogP contribution in [0.2, 0.25) is 0 Å². The maximum atomic E-state index is 12.3. The van der Waals surface area contributed by atoms with Gasteiger partial charge in [-0.15, -0.1) is 10.2 Å². The first-order chi connectivity index (χ1) is 11.4. The zero-order chi connectivity index (χ0) is 17.7. The lowest BCUT2D eigenvalue weighted by molar-refractivity contribution is -0.119. The van der Waals surface area contributed by atoms with Crippen molar-refractivity contribution in [1.82, 2.24) is 20.2 Å². The lowest BCUT2D eigenvalue weighted by Gasteiger charge is -2.23. The number of thioether (sulfide) groups is 1. The second kappa shape index (κ2) is 8.19. The van der Waals surface area contributed by atoms with E-state index in [1.807, 2.05) is 0 Å². The second-order valence-electron chi connectivity index (χ2n) is 6.07. The summed E-state index contributed by atoms with van der Waals surface area (Å²) in [6.45, 7) is 8.11. The fourth-order valence-electron chi connectivity index (χ4n) is 2.39. The standard InChI is InChI=1S/C17H25N5OS/c1-5-13-6-8-14(9-7-13)16(11(2)3)19-15(23)10-24-17-21-20-12(4)22(17)18/h6-9,11,16H,5,10,18H2,1-4H3,(H,19,23)/t16-/m1/s1. The first-order valence-corrected chi connectivity index (χ1v) is 9.09. The van der Waals surface area contributed by atoms with Gasteiger partial charge in [-0.3, -0.25) is 4.79 Å². The lowest BCUT2D eigenvalue weighted by atomic mass is 9.95. The van der Waals surface area contributed by atoms with Gasteiger partial charge in [-0.25, -0.2) is 4.68 Å². The van der Waals surface area contributed by atoms with Gasteiger partial charge in [-0.1, -0.05) is 56.8 Å². The molecule has 0 aliphatic heterocycles. The van der Waals surface area contributed by atoms with Gasteiger partial charge in [0.15, 0.2) is 0 Å². The van der Waals surface area contributed by atoms with E-state index in [0.717, 1.165) is 12.0 Å². The number of nitrogens with zero attached hydrogens (tertiary/aromatic N) is 3. The van der Waals surface area contributed by atoms with Crippen LogP contribution in [0.4, 0.5) is 0 Å². The van der Waals surface area contributed by atoms with E-state index in [4.69, 9.17) is 5.84 Å². The van der Waals surface area contributed by atoms with Crippen LogP contribution < -0.4 is 11.2 Å². The van der Waals surface area contributed by atoms with Crippen molar-refractivity contribution in [3.8, 4) is 0 Å². The molecule has 0 unspecified atom stereocenters. The molecule has 1 aromatic carbocycles. The van der Waals surface area contributed by atoms with Crippen molar-refractivity contribution >= 4 is 17.7 Å². The van der Waals surface area contributed by atoms with Gasteiger partial charge >= 0.3 is 0 Å². The van der Waals surface area contributed by atoms with Gasteiger partial charge in [-0.05, 0) is 30.4 Å². The smallest absolute Gasteiger partial charge is 0.230 e. The Hall–Kier alpha value is -2.02. The minimum absolute atomic E-state index is 0.0125. The average molecular weight is 347 g/mol. The number of amides is 1. The van der Waals surface area contributed by atoms with Crippen LogP contribution in [0.25, 0.3) is 0 Å². The van der Waals surface area contributed by atoms with Crippen LogP contribution in [0, 0.1) is 12.8 Å². The molecule has 1 heterocycles. The minimum atomic E-state index is -0.0427. The quantitative estimate of drug-likeness (QED) is 0.593. The number of aromatic nitrogens is 3. The van der Waals surface area contributed by atoms with Gasteiger partial charge in [0.1, 0.15) is 5.82 Å². The molecule has 3 N–H and O–H groups in total. The molecule has 24 heavy (non-hydrogen) atoms. The monoisotopic (exact) mass is 347 g/mol. The fraction of sp³-hybridized carbons (Fsp3) is 0.471. The van der Waals surface area contributed by atoms with Crippen molar-refractivity contribution in [3.63, 3.8) is 0 Å². The third-order valence-corrected chi connectivity index (χ3v) is 4.84. The summed E-state index contributed by atoms with van der Waals surface area (Å²) in [4.78, 5) is 12.3. The highest BCUT2D eigenvalue weighted by Crippen LogP contribution is 2.23. The molecule has 0 radical (unpaired) electrons. The second-order valence-corrected chi connectivity index (χ2v) is 7.02. The largest absolute Gasteiger partial charge is 0.348 e. The summed E-state index contributed by atoms with van der Waals surface area (Å²) in [5.74, 6) is 6.93. The minimum Gasteiger partial charge on any atom is -0.348 e. The maximum Gasteiger partial charge on any atom is 0.230 e. The summed E-state index contributed by atoms with van der Waals surface area (Å²) >= 11 is 1.28. The van der Waals surface area contributed by atoms with Crippen LogP contribution >= 0.6 is 11.8 Å². The highest BCUT2D eigenvalue weighted by molar-refractivity contribution is 7.99. The first kappa shape index (κ1) is 18.3. The Bertz CT molecular complexity index is 681. The molecule has 6 nitrogen and oxygen atoms in total. The van der Waals surface area contributed by atoms with E-state index >= 15 is 0 Å². The Kier molecular flexibility index (Phi) is 6.25. The third-order valence-electron chi connectivity index (χ3n) is 3.90. The normalized spacial score (nSPS) is 12.4. The number of benzene rings is 1. The number of nitrogen functional groups attached to an aromatic ring is 1. The molecule has 2 aromatic rings. The number of carbonyl (C=O) groups excluding carboxylic acids is 1. The molecule has 0 aliphatic rings. The molecular weight excluding hydrogens is 322 g/mol. The topological polar surface area (TPSA) is 85.8 Å². The Labute approximate surface area is 147 Å². The Morgan fingerprint density at radius 2 is 1.96 bits per heavy atom. The molecule has 0 fully saturated rings. The highest BCUT2D eigenvalue weighted by Gasteiger charge is 2.19. The van der Waals surface area contributed by atoms with Crippen LogP contribution in [0.5, 0.6) is 0 Å². The molecular formula is C17H25N5OS. The summed E-state index contributed by atoms with van der Waals surface area (Å²) < 4.78 is 1.39. The number of carbonyl (C=O) groups is 1.